The van der Waals surface area contributed by atoms with E-state index in [9.17, 15) is 0 Å². The molecule has 0 bridgehead atoms. The fraction of sp³-hybridized carbons (Fsp3) is 0.273. The summed E-state index contributed by atoms with van der Waals surface area (Å²) in [4.78, 5) is 12.0. The van der Waals surface area contributed by atoms with Gasteiger partial charge in [0.25, 0.3) is 0 Å². The van der Waals surface area contributed by atoms with E-state index >= 15 is 0 Å². The van der Waals surface area contributed by atoms with Gasteiger partial charge in [-0.15, -0.1) is 0 Å². The van der Waals surface area contributed by atoms with Gasteiger partial charge in [-0.25, -0.2) is 9.97 Å². The van der Waals surface area contributed by atoms with Crippen molar-refractivity contribution in [3.63, 3.8) is 0 Å². The van der Waals surface area contributed by atoms with E-state index in [1.165, 1.54) is 18.4 Å². The Morgan fingerprint density at radius 3 is 2.23 bits per heavy atom. The number of anilines is 2. The zero-order valence-corrected chi connectivity index (χ0v) is 15.1. The van der Waals surface area contributed by atoms with Gasteiger partial charge in [0.2, 0.25) is 0 Å². The maximum Gasteiger partial charge on any atom is 0.163 e. The van der Waals surface area contributed by atoms with Gasteiger partial charge in [-0.1, -0.05) is 60.7 Å². The van der Waals surface area contributed by atoms with E-state index < -0.39 is 0 Å². The van der Waals surface area contributed by atoms with Crippen LogP contribution < -0.4 is 10.2 Å². The second-order valence-corrected chi connectivity index (χ2v) is 6.77. The molecule has 0 spiro atoms. The van der Waals surface area contributed by atoms with Crippen molar-refractivity contribution < 1.29 is 0 Å². The van der Waals surface area contributed by atoms with Crippen LogP contribution >= 0.6 is 0 Å². The van der Waals surface area contributed by atoms with E-state index in [1.54, 1.807) is 0 Å². The largest absolute Gasteiger partial charge is 0.363 e. The van der Waals surface area contributed by atoms with E-state index in [-0.39, 0.29) is 6.04 Å². The first kappa shape index (κ1) is 16.6. The summed E-state index contributed by atoms with van der Waals surface area (Å²) in [5.41, 5.74) is 2.29. The minimum absolute atomic E-state index is 0.182. The number of rotatable bonds is 5. The van der Waals surface area contributed by atoms with Crippen molar-refractivity contribution in [2.75, 3.05) is 23.3 Å². The molecule has 1 aromatic heterocycles. The van der Waals surface area contributed by atoms with Crippen LogP contribution in [-0.4, -0.2) is 23.1 Å². The van der Waals surface area contributed by atoms with Crippen LogP contribution in [0.15, 0.2) is 66.7 Å². The third kappa shape index (κ3) is 3.69. The summed E-state index contributed by atoms with van der Waals surface area (Å²) in [7, 11) is 0. The molecular weight excluding hydrogens is 320 g/mol. The molecule has 3 aromatic rings. The Morgan fingerprint density at radius 1 is 0.885 bits per heavy atom. The third-order valence-electron chi connectivity index (χ3n) is 4.84. The molecule has 4 nitrogen and oxygen atoms in total. The number of nitrogens with one attached hydrogen (secondary N) is 1. The molecule has 2 aromatic carbocycles. The van der Waals surface area contributed by atoms with Crippen LogP contribution in [0.3, 0.4) is 0 Å². The molecule has 1 saturated heterocycles. The molecule has 1 unspecified atom stereocenters. The van der Waals surface area contributed by atoms with E-state index in [1.807, 2.05) is 24.3 Å². The summed E-state index contributed by atoms with van der Waals surface area (Å²) in [6, 6.07) is 22.9. The number of nitrogens with zero attached hydrogens (tertiary/aromatic N) is 3. The highest BCUT2D eigenvalue weighted by molar-refractivity contribution is 5.62. The van der Waals surface area contributed by atoms with Crippen molar-refractivity contribution in [1.82, 2.24) is 9.97 Å². The molecule has 132 valence electrons. The Labute approximate surface area is 154 Å². The molecule has 1 aliphatic heterocycles. The molecule has 0 radical (unpaired) electrons. The summed E-state index contributed by atoms with van der Waals surface area (Å²) in [6.45, 7) is 4.30. The molecule has 4 rings (SSSR count). The SMILES string of the molecule is CC(Nc1cc(N2CCCC2)nc(-c2ccccc2)n1)c1ccccc1. The van der Waals surface area contributed by atoms with E-state index in [2.05, 4.69) is 59.6 Å². The monoisotopic (exact) mass is 344 g/mol. The summed E-state index contributed by atoms with van der Waals surface area (Å²) in [6.07, 6.45) is 2.46. The van der Waals surface area contributed by atoms with Gasteiger partial charge >= 0.3 is 0 Å². The van der Waals surface area contributed by atoms with E-state index in [0.29, 0.717) is 0 Å². The van der Waals surface area contributed by atoms with Crippen molar-refractivity contribution in [1.29, 1.82) is 0 Å². The van der Waals surface area contributed by atoms with Crippen LogP contribution in [0.1, 0.15) is 31.4 Å². The van der Waals surface area contributed by atoms with Crippen molar-refractivity contribution in [3.8, 4) is 11.4 Å². The Hall–Kier alpha value is -2.88. The molecular formula is C22H24N4. The Bertz CT molecular complexity index is 843. The Kier molecular flexibility index (Phi) is 4.82. The van der Waals surface area contributed by atoms with Crippen LogP contribution in [0.2, 0.25) is 0 Å². The second-order valence-electron chi connectivity index (χ2n) is 6.77. The normalized spacial score (nSPS) is 15.0. The fourth-order valence-electron chi connectivity index (χ4n) is 3.38. The van der Waals surface area contributed by atoms with Crippen molar-refractivity contribution >= 4 is 11.6 Å². The Morgan fingerprint density at radius 2 is 1.54 bits per heavy atom. The molecule has 4 heteroatoms. The number of hydrogen-bond donors (Lipinski definition) is 1. The van der Waals surface area contributed by atoms with Gasteiger partial charge in [0.1, 0.15) is 11.6 Å². The molecule has 0 saturated carbocycles. The van der Waals surface area contributed by atoms with E-state index in [4.69, 9.17) is 9.97 Å². The highest BCUT2D eigenvalue weighted by Gasteiger charge is 2.17. The first-order valence-corrected chi connectivity index (χ1v) is 9.30. The van der Waals surface area contributed by atoms with Crippen molar-refractivity contribution in [2.24, 2.45) is 0 Å². The van der Waals surface area contributed by atoms with Gasteiger partial charge in [-0.05, 0) is 25.3 Å². The molecule has 26 heavy (non-hydrogen) atoms. The minimum Gasteiger partial charge on any atom is -0.363 e. The van der Waals surface area contributed by atoms with Crippen molar-refractivity contribution in [3.05, 3.63) is 72.3 Å². The lowest BCUT2D eigenvalue weighted by molar-refractivity contribution is 0.867. The summed E-state index contributed by atoms with van der Waals surface area (Å²) in [5, 5.41) is 3.55. The average molecular weight is 344 g/mol. The summed E-state index contributed by atoms with van der Waals surface area (Å²) < 4.78 is 0. The predicted octanol–water partition coefficient (Wildman–Crippen LogP) is 4.92. The lowest BCUT2D eigenvalue weighted by Crippen LogP contribution is -2.20. The van der Waals surface area contributed by atoms with Crippen molar-refractivity contribution in [2.45, 2.75) is 25.8 Å². The van der Waals surface area contributed by atoms with Crippen LogP contribution in [-0.2, 0) is 0 Å². The smallest absolute Gasteiger partial charge is 0.163 e. The zero-order chi connectivity index (χ0) is 17.8. The summed E-state index contributed by atoms with van der Waals surface area (Å²) >= 11 is 0. The van der Waals surface area contributed by atoms with Gasteiger partial charge in [-0.3, -0.25) is 0 Å². The molecule has 0 aliphatic carbocycles. The molecule has 1 atom stereocenters. The standard InChI is InChI=1S/C22H24N4/c1-17(18-10-4-2-5-11-18)23-20-16-21(26-14-8-9-15-26)25-22(24-20)19-12-6-3-7-13-19/h2-7,10-13,16-17H,8-9,14-15H2,1H3,(H,23,24,25). The first-order valence-electron chi connectivity index (χ1n) is 9.30. The highest BCUT2D eigenvalue weighted by Crippen LogP contribution is 2.27. The van der Waals surface area contributed by atoms with Crippen LogP contribution in [0.5, 0.6) is 0 Å². The predicted molar refractivity (Wildman–Crippen MR) is 107 cm³/mol. The molecule has 1 fully saturated rings. The highest BCUT2D eigenvalue weighted by atomic mass is 15.2. The average Bonchev–Trinajstić information content (AvgIpc) is 3.24. The van der Waals surface area contributed by atoms with Gasteiger partial charge in [0.15, 0.2) is 5.82 Å². The second kappa shape index (κ2) is 7.56. The third-order valence-corrected chi connectivity index (χ3v) is 4.84. The Balaban J connectivity index is 1.67. The van der Waals surface area contributed by atoms with Gasteiger partial charge in [0, 0.05) is 30.8 Å². The fourth-order valence-corrected chi connectivity index (χ4v) is 3.38. The summed E-state index contributed by atoms with van der Waals surface area (Å²) in [5.74, 6) is 2.66. The van der Waals surface area contributed by atoms with Crippen LogP contribution in [0, 0.1) is 0 Å². The lowest BCUT2D eigenvalue weighted by atomic mass is 10.1. The zero-order valence-electron chi connectivity index (χ0n) is 15.1. The number of aromatic nitrogens is 2. The number of hydrogen-bond acceptors (Lipinski definition) is 4. The van der Waals surface area contributed by atoms with Crippen LogP contribution in [0.4, 0.5) is 11.6 Å². The van der Waals surface area contributed by atoms with E-state index in [0.717, 1.165) is 36.1 Å². The number of benzene rings is 2. The van der Waals surface area contributed by atoms with Crippen LogP contribution in [0.25, 0.3) is 11.4 Å². The van der Waals surface area contributed by atoms with Gasteiger partial charge in [-0.2, -0.15) is 0 Å². The molecule has 0 amide bonds. The molecule has 2 heterocycles. The first-order chi connectivity index (χ1) is 12.8. The molecule has 1 N–H and O–H groups in total. The maximum atomic E-state index is 4.84. The van der Waals surface area contributed by atoms with Gasteiger partial charge < -0.3 is 10.2 Å². The quantitative estimate of drug-likeness (QED) is 0.713. The maximum absolute atomic E-state index is 4.84. The molecule has 1 aliphatic rings. The topological polar surface area (TPSA) is 41.0 Å². The van der Waals surface area contributed by atoms with Gasteiger partial charge in [0.05, 0.1) is 0 Å². The lowest BCUT2D eigenvalue weighted by Gasteiger charge is -2.20. The minimum atomic E-state index is 0.182.